The summed E-state index contributed by atoms with van der Waals surface area (Å²) in [6.07, 6.45) is 3.21. The molecule has 0 bridgehead atoms. The van der Waals surface area contributed by atoms with Gasteiger partial charge in [0.1, 0.15) is 5.82 Å². The first-order chi connectivity index (χ1) is 10.00. The zero-order chi connectivity index (χ0) is 15.5. The summed E-state index contributed by atoms with van der Waals surface area (Å²) >= 11 is 0. The van der Waals surface area contributed by atoms with Crippen molar-refractivity contribution < 1.29 is 14.3 Å². The van der Waals surface area contributed by atoms with Crippen LogP contribution in [0.15, 0.2) is 12.3 Å². The van der Waals surface area contributed by atoms with E-state index in [1.165, 1.54) is 7.11 Å². The van der Waals surface area contributed by atoms with Crippen LogP contribution in [0.1, 0.15) is 26.7 Å². The Morgan fingerprint density at radius 2 is 2.29 bits per heavy atom. The Labute approximate surface area is 124 Å². The fourth-order valence-electron chi connectivity index (χ4n) is 2.56. The fraction of sp³-hybridized carbons (Fsp3) is 0.643. The third kappa shape index (κ3) is 3.17. The second-order valence-corrected chi connectivity index (χ2v) is 5.59. The fourth-order valence-corrected chi connectivity index (χ4v) is 2.56. The minimum absolute atomic E-state index is 0.208. The number of ether oxygens (including phenoxy) is 1. The van der Waals surface area contributed by atoms with E-state index in [9.17, 15) is 9.59 Å². The smallest absolute Gasteiger partial charge is 0.323 e. The molecular weight excluding hydrogens is 272 g/mol. The molecule has 1 aliphatic heterocycles. The monoisotopic (exact) mass is 294 g/mol. The van der Waals surface area contributed by atoms with Crippen molar-refractivity contribution in [2.24, 2.45) is 5.41 Å². The molecule has 7 nitrogen and oxygen atoms in total. The predicted molar refractivity (Wildman–Crippen MR) is 77.8 cm³/mol. The van der Waals surface area contributed by atoms with Crippen LogP contribution >= 0.6 is 0 Å². The summed E-state index contributed by atoms with van der Waals surface area (Å²) in [4.78, 5) is 25.7. The van der Waals surface area contributed by atoms with Crippen LogP contribution in [0.25, 0.3) is 0 Å². The van der Waals surface area contributed by atoms with Gasteiger partial charge in [-0.05, 0) is 19.8 Å². The average Bonchev–Trinajstić information content (AvgIpc) is 3.06. The van der Waals surface area contributed by atoms with Gasteiger partial charge < -0.3 is 9.64 Å². The minimum atomic E-state index is -0.615. The molecule has 0 spiro atoms. The lowest BCUT2D eigenvalue weighted by Gasteiger charge is -2.22. The third-order valence-corrected chi connectivity index (χ3v) is 3.83. The third-order valence-electron chi connectivity index (χ3n) is 3.83. The Hall–Kier alpha value is -2.05. The van der Waals surface area contributed by atoms with Crippen LogP contribution in [0.2, 0.25) is 0 Å². The lowest BCUT2D eigenvalue weighted by molar-refractivity contribution is -0.150. The number of esters is 1. The highest BCUT2D eigenvalue weighted by atomic mass is 16.5. The molecule has 0 saturated carbocycles. The SMILES string of the molecule is CCCn1nccc1NC(=O)N1CC[C@@](C)(C(=O)OC)C1. The zero-order valence-corrected chi connectivity index (χ0v) is 12.8. The number of amides is 2. The number of urea groups is 1. The van der Waals surface area contributed by atoms with Crippen LogP contribution in [0.4, 0.5) is 10.6 Å². The molecule has 2 rings (SSSR count). The van der Waals surface area contributed by atoms with E-state index in [2.05, 4.69) is 17.3 Å². The van der Waals surface area contributed by atoms with Crippen LogP contribution in [0.5, 0.6) is 0 Å². The van der Waals surface area contributed by atoms with Crippen LogP contribution in [-0.4, -0.2) is 46.9 Å². The molecule has 2 heterocycles. The van der Waals surface area contributed by atoms with Gasteiger partial charge in [-0.15, -0.1) is 0 Å². The van der Waals surface area contributed by atoms with Crippen LogP contribution in [0, 0.1) is 5.41 Å². The number of likely N-dealkylation sites (tertiary alicyclic amines) is 1. The molecule has 0 unspecified atom stereocenters. The summed E-state index contributed by atoms with van der Waals surface area (Å²) in [7, 11) is 1.37. The Morgan fingerprint density at radius 3 is 2.95 bits per heavy atom. The van der Waals surface area contributed by atoms with Crippen LogP contribution < -0.4 is 5.32 Å². The number of hydrogen-bond acceptors (Lipinski definition) is 4. The van der Waals surface area contributed by atoms with Gasteiger partial charge in [0.25, 0.3) is 0 Å². The van der Waals surface area contributed by atoms with Crippen molar-refractivity contribution in [1.29, 1.82) is 0 Å². The molecule has 7 heteroatoms. The van der Waals surface area contributed by atoms with Gasteiger partial charge in [0.05, 0.1) is 18.7 Å². The summed E-state index contributed by atoms with van der Waals surface area (Å²) in [6.45, 7) is 5.54. The van der Waals surface area contributed by atoms with E-state index in [-0.39, 0.29) is 12.0 Å². The number of methoxy groups -OCH3 is 1. The molecule has 1 saturated heterocycles. The number of nitrogens with one attached hydrogen (secondary N) is 1. The van der Waals surface area contributed by atoms with E-state index in [4.69, 9.17) is 4.74 Å². The van der Waals surface area contributed by atoms with Gasteiger partial charge >= 0.3 is 12.0 Å². The lowest BCUT2D eigenvalue weighted by atomic mass is 9.90. The number of carbonyl (C=O) groups excluding carboxylic acids is 2. The molecule has 116 valence electrons. The van der Waals surface area contributed by atoms with E-state index in [1.54, 1.807) is 21.8 Å². The first-order valence-corrected chi connectivity index (χ1v) is 7.16. The summed E-state index contributed by atoms with van der Waals surface area (Å²) in [5, 5.41) is 7.01. The first kappa shape index (κ1) is 15.3. The molecule has 0 aromatic carbocycles. The average molecular weight is 294 g/mol. The zero-order valence-electron chi connectivity index (χ0n) is 12.8. The number of carbonyl (C=O) groups is 2. The van der Waals surface area contributed by atoms with Crippen molar-refractivity contribution in [2.45, 2.75) is 33.2 Å². The Bertz CT molecular complexity index is 528. The molecule has 1 aromatic heterocycles. The molecule has 2 amide bonds. The maximum atomic E-state index is 12.3. The van der Waals surface area contributed by atoms with Gasteiger partial charge in [-0.1, -0.05) is 6.92 Å². The van der Waals surface area contributed by atoms with Crippen molar-refractivity contribution in [3.63, 3.8) is 0 Å². The Balaban J connectivity index is 1.99. The van der Waals surface area contributed by atoms with Crippen LogP contribution in [0.3, 0.4) is 0 Å². The number of rotatable bonds is 4. The number of aryl methyl sites for hydroxylation is 1. The molecule has 1 atom stereocenters. The van der Waals surface area contributed by atoms with Crippen molar-refractivity contribution in [3.05, 3.63) is 12.3 Å². The van der Waals surface area contributed by atoms with E-state index < -0.39 is 5.41 Å². The largest absolute Gasteiger partial charge is 0.469 e. The van der Waals surface area contributed by atoms with Gasteiger partial charge in [0.2, 0.25) is 0 Å². The maximum absolute atomic E-state index is 12.3. The molecule has 21 heavy (non-hydrogen) atoms. The van der Waals surface area contributed by atoms with Gasteiger partial charge in [0.15, 0.2) is 0 Å². The lowest BCUT2D eigenvalue weighted by Crippen LogP contribution is -2.38. The minimum Gasteiger partial charge on any atom is -0.469 e. The quantitative estimate of drug-likeness (QED) is 0.858. The molecule has 0 radical (unpaired) electrons. The number of anilines is 1. The van der Waals surface area contributed by atoms with Crippen molar-refractivity contribution in [1.82, 2.24) is 14.7 Å². The van der Waals surface area contributed by atoms with E-state index in [1.807, 2.05) is 6.92 Å². The summed E-state index contributed by atoms with van der Waals surface area (Å²) in [6, 6.07) is 1.56. The molecular formula is C14H22N4O3. The normalized spacial score (nSPS) is 21.4. The summed E-state index contributed by atoms with van der Waals surface area (Å²) in [5.74, 6) is 0.405. The highest BCUT2D eigenvalue weighted by molar-refractivity contribution is 5.89. The van der Waals surface area contributed by atoms with Crippen molar-refractivity contribution in [2.75, 3.05) is 25.5 Å². The topological polar surface area (TPSA) is 76.5 Å². The van der Waals surface area contributed by atoms with E-state index >= 15 is 0 Å². The van der Waals surface area contributed by atoms with Gasteiger partial charge in [-0.3, -0.25) is 10.1 Å². The standard InChI is InChI=1S/C14H22N4O3/c1-4-8-18-11(5-7-15-18)16-13(20)17-9-6-14(2,10-17)12(19)21-3/h5,7H,4,6,8-10H2,1-3H3,(H,16,20)/t14-/m1/s1. The predicted octanol–water partition coefficient (Wildman–Crippen LogP) is 1.71. The second-order valence-electron chi connectivity index (χ2n) is 5.59. The van der Waals surface area contributed by atoms with Crippen LogP contribution in [-0.2, 0) is 16.1 Å². The first-order valence-electron chi connectivity index (χ1n) is 7.16. The number of aromatic nitrogens is 2. The molecule has 1 aliphatic rings. The summed E-state index contributed by atoms with van der Waals surface area (Å²) < 4.78 is 6.57. The molecule has 1 aromatic rings. The second kappa shape index (κ2) is 6.15. The van der Waals surface area contributed by atoms with Gasteiger partial charge in [-0.2, -0.15) is 5.10 Å². The molecule has 0 aliphatic carbocycles. The maximum Gasteiger partial charge on any atom is 0.323 e. The number of nitrogens with zero attached hydrogens (tertiary/aromatic N) is 3. The van der Waals surface area contributed by atoms with E-state index in [0.717, 1.165) is 13.0 Å². The van der Waals surface area contributed by atoms with Gasteiger partial charge in [-0.25, -0.2) is 9.48 Å². The summed E-state index contributed by atoms with van der Waals surface area (Å²) in [5.41, 5.74) is -0.615. The molecule has 1 fully saturated rings. The van der Waals surface area contributed by atoms with Crippen molar-refractivity contribution >= 4 is 17.8 Å². The van der Waals surface area contributed by atoms with E-state index in [0.29, 0.717) is 25.3 Å². The van der Waals surface area contributed by atoms with Gasteiger partial charge in [0, 0.05) is 25.7 Å². The highest BCUT2D eigenvalue weighted by Crippen LogP contribution is 2.31. The van der Waals surface area contributed by atoms with Crippen molar-refractivity contribution in [3.8, 4) is 0 Å². The Morgan fingerprint density at radius 1 is 1.52 bits per heavy atom. The highest BCUT2D eigenvalue weighted by Gasteiger charge is 2.43. The molecule has 1 N–H and O–H groups in total. The number of hydrogen-bond donors (Lipinski definition) is 1. The Kier molecular flexibility index (Phi) is 4.50.